The summed E-state index contributed by atoms with van der Waals surface area (Å²) in [4.78, 5) is 28.1. The fourth-order valence-corrected chi connectivity index (χ4v) is 2.58. The van der Waals surface area contributed by atoms with Gasteiger partial charge < -0.3 is 9.80 Å². The Kier molecular flexibility index (Phi) is 5.37. The summed E-state index contributed by atoms with van der Waals surface area (Å²) < 4.78 is 0. The third-order valence-electron chi connectivity index (χ3n) is 3.97. The normalized spacial score (nSPS) is 14.3. The molecule has 0 spiro atoms. The SMILES string of the molecule is CCCCN(C)C(=O)c1ccc(C(=O)N2CCCC2)cc1. The standard InChI is InChI=1S/C17H24N2O2/c1-3-4-11-18(2)16(20)14-7-9-15(10-8-14)17(21)19-12-5-6-13-19/h7-10H,3-6,11-13H2,1-2H3. The average Bonchev–Trinajstić information content (AvgIpc) is 3.05. The lowest BCUT2D eigenvalue weighted by atomic mass is 10.1. The largest absolute Gasteiger partial charge is 0.342 e. The minimum absolute atomic E-state index is 0.0172. The van der Waals surface area contributed by atoms with Crippen LogP contribution in [0.2, 0.25) is 0 Å². The molecule has 4 nitrogen and oxygen atoms in total. The van der Waals surface area contributed by atoms with Crippen LogP contribution in [0, 0.1) is 0 Å². The van der Waals surface area contributed by atoms with E-state index in [9.17, 15) is 9.59 Å². The van der Waals surface area contributed by atoms with Crippen LogP contribution in [0.1, 0.15) is 53.3 Å². The maximum atomic E-state index is 12.2. The van der Waals surface area contributed by atoms with Gasteiger partial charge in [-0.15, -0.1) is 0 Å². The number of rotatable bonds is 5. The van der Waals surface area contributed by atoms with Gasteiger partial charge in [-0.05, 0) is 43.5 Å². The number of carbonyl (C=O) groups is 2. The van der Waals surface area contributed by atoms with Crippen LogP contribution in [0.3, 0.4) is 0 Å². The van der Waals surface area contributed by atoms with Crippen molar-refractivity contribution in [2.24, 2.45) is 0 Å². The highest BCUT2D eigenvalue weighted by atomic mass is 16.2. The number of unbranched alkanes of at least 4 members (excludes halogenated alkanes) is 1. The third kappa shape index (κ3) is 3.84. The molecule has 1 heterocycles. The molecule has 0 aromatic heterocycles. The lowest BCUT2D eigenvalue weighted by Crippen LogP contribution is -2.29. The topological polar surface area (TPSA) is 40.6 Å². The lowest BCUT2D eigenvalue weighted by molar-refractivity contribution is 0.0781. The summed E-state index contributed by atoms with van der Waals surface area (Å²) >= 11 is 0. The lowest BCUT2D eigenvalue weighted by Gasteiger charge is -2.18. The van der Waals surface area contributed by atoms with E-state index in [1.54, 1.807) is 29.2 Å². The van der Waals surface area contributed by atoms with Gasteiger partial charge in [-0.25, -0.2) is 0 Å². The Labute approximate surface area is 126 Å². The number of hydrogen-bond acceptors (Lipinski definition) is 2. The minimum Gasteiger partial charge on any atom is -0.342 e. The van der Waals surface area contributed by atoms with Crippen LogP contribution in [0.5, 0.6) is 0 Å². The maximum Gasteiger partial charge on any atom is 0.253 e. The van der Waals surface area contributed by atoms with Crippen molar-refractivity contribution in [3.63, 3.8) is 0 Å². The molecule has 21 heavy (non-hydrogen) atoms. The summed E-state index contributed by atoms with van der Waals surface area (Å²) in [5.74, 6) is 0.0921. The highest BCUT2D eigenvalue weighted by molar-refractivity contribution is 5.97. The summed E-state index contributed by atoms with van der Waals surface area (Å²) in [6.45, 7) is 4.57. The van der Waals surface area contributed by atoms with Gasteiger partial charge >= 0.3 is 0 Å². The summed E-state index contributed by atoms with van der Waals surface area (Å²) in [7, 11) is 1.82. The Balaban J connectivity index is 2.01. The molecule has 1 fully saturated rings. The zero-order valence-electron chi connectivity index (χ0n) is 13.0. The van der Waals surface area contributed by atoms with Crippen molar-refractivity contribution in [1.82, 2.24) is 9.80 Å². The maximum absolute atomic E-state index is 12.2. The van der Waals surface area contributed by atoms with Crippen molar-refractivity contribution in [3.05, 3.63) is 35.4 Å². The van der Waals surface area contributed by atoms with E-state index in [2.05, 4.69) is 6.92 Å². The number of benzene rings is 1. The molecule has 2 amide bonds. The fraction of sp³-hybridized carbons (Fsp3) is 0.529. The first-order valence-electron chi connectivity index (χ1n) is 7.78. The number of hydrogen-bond donors (Lipinski definition) is 0. The van der Waals surface area contributed by atoms with Crippen LogP contribution >= 0.6 is 0 Å². The number of nitrogens with zero attached hydrogens (tertiary/aromatic N) is 2. The highest BCUT2D eigenvalue weighted by Gasteiger charge is 2.19. The molecule has 1 aromatic rings. The zero-order chi connectivity index (χ0) is 15.2. The number of amides is 2. The number of carbonyl (C=O) groups excluding carboxylic acids is 2. The van der Waals surface area contributed by atoms with Gasteiger partial charge in [-0.3, -0.25) is 9.59 Å². The van der Waals surface area contributed by atoms with Crippen molar-refractivity contribution < 1.29 is 9.59 Å². The monoisotopic (exact) mass is 288 g/mol. The van der Waals surface area contributed by atoms with Crippen LogP contribution in [0.25, 0.3) is 0 Å². The van der Waals surface area contributed by atoms with Crippen molar-refractivity contribution >= 4 is 11.8 Å². The van der Waals surface area contributed by atoms with E-state index in [4.69, 9.17) is 0 Å². The summed E-state index contributed by atoms with van der Waals surface area (Å²) in [6.07, 6.45) is 4.25. The molecule has 1 saturated heterocycles. The molecule has 1 aromatic carbocycles. The second-order valence-corrected chi connectivity index (χ2v) is 5.66. The van der Waals surface area contributed by atoms with E-state index in [1.165, 1.54) is 0 Å². The summed E-state index contributed by atoms with van der Waals surface area (Å²) in [5, 5.41) is 0. The molecule has 0 N–H and O–H groups in total. The molecule has 0 bridgehead atoms. The zero-order valence-corrected chi connectivity index (χ0v) is 13.0. The highest BCUT2D eigenvalue weighted by Crippen LogP contribution is 2.14. The van der Waals surface area contributed by atoms with Crippen LogP contribution in [0.15, 0.2) is 24.3 Å². The smallest absolute Gasteiger partial charge is 0.253 e. The molecule has 0 atom stereocenters. The first-order valence-corrected chi connectivity index (χ1v) is 7.78. The molecule has 0 radical (unpaired) electrons. The molecule has 1 aliphatic rings. The molecule has 114 valence electrons. The van der Waals surface area contributed by atoms with Gasteiger partial charge in [0.2, 0.25) is 0 Å². The fourth-order valence-electron chi connectivity index (χ4n) is 2.58. The van der Waals surface area contributed by atoms with Gasteiger partial charge in [0.05, 0.1) is 0 Å². The van der Waals surface area contributed by atoms with Gasteiger partial charge in [0.15, 0.2) is 0 Å². The van der Waals surface area contributed by atoms with Crippen LogP contribution in [-0.2, 0) is 0 Å². The molecular formula is C17H24N2O2. The van der Waals surface area contributed by atoms with Crippen LogP contribution < -0.4 is 0 Å². The Hall–Kier alpha value is -1.84. The van der Waals surface area contributed by atoms with Gasteiger partial charge in [-0.2, -0.15) is 0 Å². The number of likely N-dealkylation sites (tertiary alicyclic amines) is 1. The van der Waals surface area contributed by atoms with Crippen molar-refractivity contribution in [2.45, 2.75) is 32.6 Å². The second kappa shape index (κ2) is 7.25. The van der Waals surface area contributed by atoms with E-state index in [0.717, 1.165) is 45.3 Å². The molecule has 2 rings (SSSR count). The summed E-state index contributed by atoms with van der Waals surface area (Å²) in [6, 6.07) is 7.05. The van der Waals surface area contributed by atoms with Gasteiger partial charge in [0.25, 0.3) is 11.8 Å². The van der Waals surface area contributed by atoms with E-state index in [-0.39, 0.29) is 11.8 Å². The first-order chi connectivity index (χ1) is 10.1. The predicted molar refractivity (Wildman–Crippen MR) is 83.4 cm³/mol. The Morgan fingerprint density at radius 1 is 1.10 bits per heavy atom. The third-order valence-corrected chi connectivity index (χ3v) is 3.97. The Morgan fingerprint density at radius 3 is 2.24 bits per heavy atom. The van der Waals surface area contributed by atoms with Gasteiger partial charge in [-0.1, -0.05) is 13.3 Å². The van der Waals surface area contributed by atoms with E-state index >= 15 is 0 Å². The molecular weight excluding hydrogens is 264 g/mol. The Bertz CT molecular complexity index is 490. The van der Waals surface area contributed by atoms with Crippen LogP contribution in [0.4, 0.5) is 0 Å². The van der Waals surface area contributed by atoms with Crippen molar-refractivity contribution in [2.75, 3.05) is 26.7 Å². The van der Waals surface area contributed by atoms with Gasteiger partial charge in [0, 0.05) is 37.8 Å². The second-order valence-electron chi connectivity index (χ2n) is 5.66. The first kappa shape index (κ1) is 15.5. The van der Waals surface area contributed by atoms with E-state index in [0.29, 0.717) is 11.1 Å². The van der Waals surface area contributed by atoms with E-state index in [1.807, 2.05) is 11.9 Å². The predicted octanol–water partition coefficient (Wildman–Crippen LogP) is 2.79. The molecule has 1 aliphatic heterocycles. The minimum atomic E-state index is 0.0172. The quantitative estimate of drug-likeness (QED) is 0.836. The van der Waals surface area contributed by atoms with Crippen LogP contribution in [-0.4, -0.2) is 48.3 Å². The van der Waals surface area contributed by atoms with E-state index < -0.39 is 0 Å². The molecule has 0 aliphatic carbocycles. The molecule has 0 saturated carbocycles. The average molecular weight is 288 g/mol. The summed E-state index contributed by atoms with van der Waals surface area (Å²) in [5.41, 5.74) is 1.32. The molecule has 0 unspecified atom stereocenters. The van der Waals surface area contributed by atoms with Crippen molar-refractivity contribution in [1.29, 1.82) is 0 Å². The van der Waals surface area contributed by atoms with Gasteiger partial charge in [0.1, 0.15) is 0 Å². The van der Waals surface area contributed by atoms with Crippen molar-refractivity contribution in [3.8, 4) is 0 Å². The molecule has 4 heteroatoms. The Morgan fingerprint density at radius 2 is 1.67 bits per heavy atom.